The Morgan fingerprint density at radius 2 is 1.77 bits per heavy atom. The topological polar surface area (TPSA) is 84.0 Å². The molecule has 0 aliphatic rings. The normalized spacial score (nSPS) is 11.7. The van der Waals surface area contributed by atoms with Gasteiger partial charge in [0.05, 0.1) is 15.8 Å². The molecule has 6 nitrogen and oxygen atoms in total. The molecule has 2 N–H and O–H groups in total. The molecule has 1 heterocycles. The van der Waals surface area contributed by atoms with Gasteiger partial charge >= 0.3 is 0 Å². The second-order valence-electron chi connectivity index (χ2n) is 6.58. The van der Waals surface area contributed by atoms with Crippen molar-refractivity contribution >= 4 is 57.3 Å². The first-order valence-electron chi connectivity index (χ1n) is 9.32. The van der Waals surface area contributed by atoms with Gasteiger partial charge in [-0.3, -0.25) is 14.9 Å². The lowest BCUT2D eigenvalue weighted by molar-refractivity contribution is -0.115. The molecule has 156 valence electrons. The molecule has 30 heavy (non-hydrogen) atoms. The number of thioether (sulfide) groups is 1. The molecule has 2 amide bonds. The van der Waals surface area contributed by atoms with Gasteiger partial charge in [0.25, 0.3) is 5.91 Å². The number of benzene rings is 2. The first kappa shape index (κ1) is 22.3. The molecule has 0 bridgehead atoms. The lowest BCUT2D eigenvalue weighted by Crippen LogP contribution is -2.25. The Kier molecular flexibility index (Phi) is 7.47. The Hall–Kier alpha value is -2.42. The van der Waals surface area contributed by atoms with E-state index in [0.717, 1.165) is 16.8 Å². The highest BCUT2D eigenvalue weighted by Crippen LogP contribution is 2.32. The molecule has 0 spiro atoms. The van der Waals surface area contributed by atoms with E-state index in [1.807, 2.05) is 39.0 Å². The first-order valence-corrected chi connectivity index (χ1v) is 11.4. The van der Waals surface area contributed by atoms with Crippen molar-refractivity contribution < 1.29 is 9.59 Å². The summed E-state index contributed by atoms with van der Waals surface area (Å²) in [6.07, 6.45) is 0.627. The van der Waals surface area contributed by atoms with Crippen LogP contribution < -0.4 is 10.6 Å². The van der Waals surface area contributed by atoms with E-state index >= 15 is 0 Å². The summed E-state index contributed by atoms with van der Waals surface area (Å²) in [7, 11) is 0. The zero-order chi connectivity index (χ0) is 21.7. The fraction of sp³-hybridized carbons (Fsp3) is 0.238. The number of carbonyl (C=O) groups is 2. The number of hydrogen-bond acceptors (Lipinski definition) is 6. The number of halogens is 1. The third kappa shape index (κ3) is 5.38. The van der Waals surface area contributed by atoms with Crippen LogP contribution in [0.15, 0.2) is 46.8 Å². The third-order valence-electron chi connectivity index (χ3n) is 4.38. The average molecular weight is 461 g/mol. The summed E-state index contributed by atoms with van der Waals surface area (Å²) in [5, 5.41) is 14.2. The van der Waals surface area contributed by atoms with Gasteiger partial charge in [-0.1, -0.05) is 72.0 Å². The van der Waals surface area contributed by atoms with E-state index in [1.165, 1.54) is 23.1 Å². The van der Waals surface area contributed by atoms with Crippen molar-refractivity contribution in [2.75, 3.05) is 10.6 Å². The molecule has 0 saturated heterocycles. The second-order valence-corrected chi connectivity index (χ2v) is 9.41. The van der Waals surface area contributed by atoms with Crippen LogP contribution in [-0.2, 0) is 4.79 Å². The molecule has 1 atom stereocenters. The zero-order valence-corrected chi connectivity index (χ0v) is 19.1. The van der Waals surface area contributed by atoms with E-state index in [0.29, 0.717) is 26.5 Å². The van der Waals surface area contributed by atoms with E-state index in [2.05, 4.69) is 20.8 Å². The van der Waals surface area contributed by atoms with Gasteiger partial charge in [0.15, 0.2) is 4.34 Å². The standard InChI is InChI=1S/C21H21ClN4O2S2/c1-4-16(19(28)23-17-12(2)8-7-9-13(17)3)29-21-26-25-20(30-21)24-18(27)14-10-5-6-11-15(14)22/h5-11,16H,4H2,1-3H3,(H,23,28)(H,24,25,27)/t16-/m1/s1. The van der Waals surface area contributed by atoms with Crippen molar-refractivity contribution in [3.8, 4) is 0 Å². The first-order chi connectivity index (χ1) is 14.4. The minimum atomic E-state index is -0.354. The predicted molar refractivity (Wildman–Crippen MR) is 124 cm³/mol. The van der Waals surface area contributed by atoms with E-state index in [1.54, 1.807) is 24.3 Å². The summed E-state index contributed by atoms with van der Waals surface area (Å²) in [5.74, 6) is -0.440. The lowest BCUT2D eigenvalue weighted by atomic mass is 10.1. The molecule has 0 fully saturated rings. The van der Waals surface area contributed by atoms with E-state index < -0.39 is 0 Å². The molecular weight excluding hydrogens is 440 g/mol. The van der Waals surface area contributed by atoms with Crippen molar-refractivity contribution in [1.82, 2.24) is 10.2 Å². The molecule has 0 unspecified atom stereocenters. The molecule has 1 aromatic heterocycles. The summed E-state index contributed by atoms with van der Waals surface area (Å²) >= 11 is 8.61. The smallest absolute Gasteiger partial charge is 0.259 e. The van der Waals surface area contributed by atoms with Crippen LogP contribution in [0.2, 0.25) is 5.02 Å². The number of hydrogen-bond donors (Lipinski definition) is 2. The fourth-order valence-corrected chi connectivity index (χ4v) is 4.91. The van der Waals surface area contributed by atoms with Crippen LogP contribution >= 0.6 is 34.7 Å². The van der Waals surface area contributed by atoms with Crippen LogP contribution in [0, 0.1) is 13.8 Å². The summed E-state index contributed by atoms with van der Waals surface area (Å²) in [6, 6.07) is 12.7. The van der Waals surface area contributed by atoms with Gasteiger partial charge in [-0.25, -0.2) is 0 Å². The molecule has 0 radical (unpaired) electrons. The van der Waals surface area contributed by atoms with Crippen LogP contribution in [0.3, 0.4) is 0 Å². The predicted octanol–water partition coefficient (Wildman–Crippen LogP) is 5.57. The monoisotopic (exact) mass is 460 g/mol. The number of anilines is 2. The minimum absolute atomic E-state index is 0.0863. The Bertz CT molecular complexity index is 1050. The van der Waals surface area contributed by atoms with Crippen molar-refractivity contribution in [2.24, 2.45) is 0 Å². The molecule has 3 rings (SSSR count). The molecule has 0 saturated carbocycles. The molecule has 0 aliphatic carbocycles. The van der Waals surface area contributed by atoms with Gasteiger partial charge in [0.1, 0.15) is 0 Å². The second kappa shape index (κ2) is 10.1. The quantitative estimate of drug-likeness (QED) is 0.355. The van der Waals surface area contributed by atoms with Crippen LogP contribution in [0.4, 0.5) is 10.8 Å². The Morgan fingerprint density at radius 1 is 1.07 bits per heavy atom. The lowest BCUT2D eigenvalue weighted by Gasteiger charge is -2.16. The van der Waals surface area contributed by atoms with Gasteiger partial charge in [-0.05, 0) is 43.5 Å². The number of rotatable bonds is 7. The maximum absolute atomic E-state index is 12.8. The molecule has 2 aromatic carbocycles. The van der Waals surface area contributed by atoms with Gasteiger partial charge in [-0.2, -0.15) is 0 Å². The third-order valence-corrected chi connectivity index (χ3v) is 7.00. The Labute approximate surface area is 188 Å². The van der Waals surface area contributed by atoms with Gasteiger partial charge in [0.2, 0.25) is 11.0 Å². The highest BCUT2D eigenvalue weighted by molar-refractivity contribution is 8.02. The van der Waals surface area contributed by atoms with Crippen molar-refractivity contribution in [3.05, 3.63) is 64.2 Å². The average Bonchev–Trinajstić information content (AvgIpc) is 3.16. The number of amides is 2. The highest BCUT2D eigenvalue weighted by Gasteiger charge is 2.22. The number of nitrogens with zero attached hydrogens (tertiary/aromatic N) is 2. The number of aryl methyl sites for hydroxylation is 2. The van der Waals surface area contributed by atoms with Gasteiger partial charge < -0.3 is 5.32 Å². The summed E-state index contributed by atoms with van der Waals surface area (Å²) in [5.41, 5.74) is 3.24. The molecule has 9 heteroatoms. The number of nitrogens with one attached hydrogen (secondary N) is 2. The summed E-state index contributed by atoms with van der Waals surface area (Å²) in [6.45, 7) is 5.88. The van der Waals surface area contributed by atoms with Crippen molar-refractivity contribution in [3.63, 3.8) is 0 Å². The maximum atomic E-state index is 12.8. The van der Waals surface area contributed by atoms with E-state index in [4.69, 9.17) is 11.6 Å². The van der Waals surface area contributed by atoms with Crippen LogP contribution in [0.25, 0.3) is 0 Å². The number of para-hydroxylation sites is 1. The summed E-state index contributed by atoms with van der Waals surface area (Å²) < 4.78 is 0.605. The fourth-order valence-electron chi connectivity index (χ4n) is 2.78. The summed E-state index contributed by atoms with van der Waals surface area (Å²) in [4.78, 5) is 25.2. The van der Waals surface area contributed by atoms with E-state index in [9.17, 15) is 9.59 Å². The van der Waals surface area contributed by atoms with Crippen LogP contribution in [0.1, 0.15) is 34.8 Å². The zero-order valence-electron chi connectivity index (χ0n) is 16.7. The van der Waals surface area contributed by atoms with Crippen molar-refractivity contribution in [2.45, 2.75) is 36.8 Å². The molecule has 0 aliphatic heterocycles. The van der Waals surface area contributed by atoms with Crippen LogP contribution in [-0.4, -0.2) is 27.3 Å². The Morgan fingerprint density at radius 3 is 2.43 bits per heavy atom. The van der Waals surface area contributed by atoms with Crippen LogP contribution in [0.5, 0.6) is 0 Å². The van der Waals surface area contributed by atoms with E-state index in [-0.39, 0.29) is 17.1 Å². The Balaban J connectivity index is 1.65. The maximum Gasteiger partial charge on any atom is 0.259 e. The van der Waals surface area contributed by atoms with Gasteiger partial charge in [0, 0.05) is 5.69 Å². The highest BCUT2D eigenvalue weighted by atomic mass is 35.5. The molecular formula is C21H21ClN4O2S2. The van der Waals surface area contributed by atoms with Gasteiger partial charge in [-0.15, -0.1) is 10.2 Å². The largest absolute Gasteiger partial charge is 0.325 e. The number of carbonyl (C=O) groups excluding carboxylic acids is 2. The SMILES string of the molecule is CC[C@@H](Sc1nnc(NC(=O)c2ccccc2Cl)s1)C(=O)Nc1c(C)cccc1C. The molecule has 3 aromatic rings. The minimum Gasteiger partial charge on any atom is -0.325 e. The van der Waals surface area contributed by atoms with Crippen molar-refractivity contribution in [1.29, 1.82) is 0 Å². The number of aromatic nitrogens is 2.